The maximum atomic E-state index is 5.19. The van der Waals surface area contributed by atoms with Crippen LogP contribution in [0.2, 0.25) is 0 Å². The number of aromatic nitrogens is 1. The Hall–Kier alpha value is -0.830. The average molecular weight is 208 g/mol. The molecule has 1 atom stereocenters. The predicted octanol–water partition coefficient (Wildman–Crippen LogP) is 2.88. The Bertz CT molecular complexity index is 307. The van der Waals surface area contributed by atoms with Crippen molar-refractivity contribution in [1.29, 1.82) is 0 Å². The van der Waals surface area contributed by atoms with E-state index in [0.29, 0.717) is 12.1 Å². The van der Waals surface area contributed by atoms with Crippen LogP contribution >= 0.6 is 0 Å². The molecule has 1 unspecified atom stereocenters. The molecule has 0 radical (unpaired) electrons. The topological polar surface area (TPSA) is 38.1 Å². The summed E-state index contributed by atoms with van der Waals surface area (Å²) in [6.45, 7) is 6.20. The van der Waals surface area contributed by atoms with Crippen molar-refractivity contribution in [1.82, 2.24) is 10.5 Å². The molecule has 1 fully saturated rings. The van der Waals surface area contributed by atoms with Gasteiger partial charge in [-0.1, -0.05) is 18.0 Å². The van der Waals surface area contributed by atoms with Crippen molar-refractivity contribution in [2.75, 3.05) is 0 Å². The van der Waals surface area contributed by atoms with Crippen LogP contribution in [0.1, 0.15) is 55.7 Å². The second-order valence-electron chi connectivity index (χ2n) is 4.61. The summed E-state index contributed by atoms with van der Waals surface area (Å²) >= 11 is 0. The van der Waals surface area contributed by atoms with E-state index >= 15 is 0 Å². The quantitative estimate of drug-likeness (QED) is 0.830. The van der Waals surface area contributed by atoms with E-state index in [1.807, 2.05) is 13.8 Å². The van der Waals surface area contributed by atoms with Crippen molar-refractivity contribution in [3.63, 3.8) is 0 Å². The summed E-state index contributed by atoms with van der Waals surface area (Å²) in [4.78, 5) is 0. The number of nitrogens with one attached hydrogen (secondary N) is 1. The van der Waals surface area contributed by atoms with Crippen LogP contribution in [0.4, 0.5) is 0 Å². The molecule has 2 rings (SSSR count). The molecule has 1 aliphatic rings. The van der Waals surface area contributed by atoms with Crippen LogP contribution in [0.5, 0.6) is 0 Å². The normalized spacial score (nSPS) is 19.7. The van der Waals surface area contributed by atoms with Gasteiger partial charge in [0.05, 0.1) is 5.69 Å². The van der Waals surface area contributed by atoms with Gasteiger partial charge in [0.25, 0.3) is 0 Å². The van der Waals surface area contributed by atoms with Crippen LogP contribution in [0.25, 0.3) is 0 Å². The Morgan fingerprint density at radius 2 is 2.00 bits per heavy atom. The monoisotopic (exact) mass is 208 g/mol. The molecule has 3 heteroatoms. The molecule has 1 aliphatic carbocycles. The van der Waals surface area contributed by atoms with Crippen molar-refractivity contribution in [3.8, 4) is 0 Å². The van der Waals surface area contributed by atoms with Gasteiger partial charge in [-0.3, -0.25) is 0 Å². The summed E-state index contributed by atoms with van der Waals surface area (Å²) in [6.07, 6.45) is 5.36. The van der Waals surface area contributed by atoms with Crippen LogP contribution < -0.4 is 5.32 Å². The Labute approximate surface area is 91.2 Å². The summed E-state index contributed by atoms with van der Waals surface area (Å²) in [5.41, 5.74) is 2.26. The molecule has 84 valence electrons. The second kappa shape index (κ2) is 4.35. The Kier molecular flexibility index (Phi) is 3.10. The third-order valence-electron chi connectivity index (χ3n) is 3.36. The molecular formula is C12H20N2O. The number of rotatable bonds is 3. The van der Waals surface area contributed by atoms with Crippen LogP contribution in [0.15, 0.2) is 4.52 Å². The predicted molar refractivity (Wildman–Crippen MR) is 59.8 cm³/mol. The van der Waals surface area contributed by atoms with Gasteiger partial charge in [0.15, 0.2) is 0 Å². The van der Waals surface area contributed by atoms with Crippen molar-refractivity contribution >= 4 is 0 Å². The maximum Gasteiger partial charge on any atom is 0.138 e. The number of hydrogen-bond acceptors (Lipinski definition) is 3. The lowest BCUT2D eigenvalue weighted by atomic mass is 10.1. The van der Waals surface area contributed by atoms with Crippen LogP contribution in [-0.4, -0.2) is 11.2 Å². The average Bonchev–Trinajstić information content (AvgIpc) is 2.77. The summed E-state index contributed by atoms with van der Waals surface area (Å²) in [7, 11) is 0. The molecule has 0 spiro atoms. The van der Waals surface area contributed by atoms with Gasteiger partial charge in [-0.05, 0) is 33.6 Å². The molecule has 1 saturated carbocycles. The Morgan fingerprint density at radius 1 is 1.33 bits per heavy atom. The first-order chi connectivity index (χ1) is 7.18. The molecule has 1 N–H and O–H groups in total. The van der Waals surface area contributed by atoms with E-state index in [2.05, 4.69) is 17.4 Å². The Morgan fingerprint density at radius 3 is 2.53 bits per heavy atom. The fourth-order valence-electron chi connectivity index (χ4n) is 2.64. The SMILES string of the molecule is Cc1noc(C)c1C(C)NC1CCCC1. The highest BCUT2D eigenvalue weighted by atomic mass is 16.5. The second-order valence-corrected chi connectivity index (χ2v) is 4.61. The van der Waals surface area contributed by atoms with E-state index in [1.165, 1.54) is 31.2 Å². The van der Waals surface area contributed by atoms with E-state index in [-0.39, 0.29) is 0 Å². The van der Waals surface area contributed by atoms with Crippen molar-refractivity contribution in [3.05, 3.63) is 17.0 Å². The van der Waals surface area contributed by atoms with E-state index in [0.717, 1.165) is 11.5 Å². The largest absolute Gasteiger partial charge is 0.361 e. The van der Waals surface area contributed by atoms with E-state index < -0.39 is 0 Å². The third kappa shape index (κ3) is 2.23. The van der Waals surface area contributed by atoms with Gasteiger partial charge in [0, 0.05) is 17.6 Å². The maximum absolute atomic E-state index is 5.19. The smallest absolute Gasteiger partial charge is 0.138 e. The van der Waals surface area contributed by atoms with Crippen LogP contribution in [-0.2, 0) is 0 Å². The zero-order valence-corrected chi connectivity index (χ0v) is 9.84. The van der Waals surface area contributed by atoms with E-state index in [4.69, 9.17) is 4.52 Å². The number of nitrogens with zero attached hydrogens (tertiary/aromatic N) is 1. The first kappa shape index (κ1) is 10.7. The van der Waals surface area contributed by atoms with Crippen molar-refractivity contribution < 1.29 is 4.52 Å². The molecule has 1 aromatic heterocycles. The van der Waals surface area contributed by atoms with Crippen LogP contribution in [0, 0.1) is 13.8 Å². The molecule has 0 saturated heterocycles. The number of hydrogen-bond donors (Lipinski definition) is 1. The number of aryl methyl sites for hydroxylation is 2. The molecule has 1 aromatic rings. The fourth-order valence-corrected chi connectivity index (χ4v) is 2.64. The zero-order chi connectivity index (χ0) is 10.8. The Balaban J connectivity index is 2.03. The molecule has 0 aliphatic heterocycles. The first-order valence-electron chi connectivity index (χ1n) is 5.87. The van der Waals surface area contributed by atoms with Gasteiger partial charge in [0.1, 0.15) is 5.76 Å². The van der Waals surface area contributed by atoms with E-state index in [9.17, 15) is 0 Å². The molecule has 15 heavy (non-hydrogen) atoms. The van der Waals surface area contributed by atoms with Gasteiger partial charge in [-0.2, -0.15) is 0 Å². The molecule has 3 nitrogen and oxygen atoms in total. The minimum atomic E-state index is 0.361. The van der Waals surface area contributed by atoms with Gasteiger partial charge in [-0.15, -0.1) is 0 Å². The highest BCUT2D eigenvalue weighted by Crippen LogP contribution is 2.25. The molecule has 0 bridgehead atoms. The highest BCUT2D eigenvalue weighted by molar-refractivity contribution is 5.24. The van der Waals surface area contributed by atoms with Crippen molar-refractivity contribution in [2.24, 2.45) is 0 Å². The molecule has 1 heterocycles. The van der Waals surface area contributed by atoms with Gasteiger partial charge < -0.3 is 9.84 Å². The fraction of sp³-hybridized carbons (Fsp3) is 0.750. The minimum Gasteiger partial charge on any atom is -0.361 e. The van der Waals surface area contributed by atoms with Crippen molar-refractivity contribution in [2.45, 2.75) is 58.5 Å². The summed E-state index contributed by atoms with van der Waals surface area (Å²) < 4.78 is 5.19. The van der Waals surface area contributed by atoms with Crippen LogP contribution in [0.3, 0.4) is 0 Å². The molecule has 0 aromatic carbocycles. The first-order valence-corrected chi connectivity index (χ1v) is 5.87. The summed E-state index contributed by atoms with van der Waals surface area (Å²) in [6, 6.07) is 1.05. The lowest BCUT2D eigenvalue weighted by molar-refractivity contribution is 0.388. The summed E-state index contributed by atoms with van der Waals surface area (Å²) in [5, 5.41) is 7.66. The molecular weight excluding hydrogens is 188 g/mol. The van der Waals surface area contributed by atoms with Gasteiger partial charge in [-0.25, -0.2) is 0 Å². The summed E-state index contributed by atoms with van der Waals surface area (Å²) in [5.74, 6) is 0.950. The lowest BCUT2D eigenvalue weighted by Gasteiger charge is -2.18. The lowest BCUT2D eigenvalue weighted by Crippen LogP contribution is -2.29. The zero-order valence-electron chi connectivity index (χ0n) is 9.84. The minimum absolute atomic E-state index is 0.361. The van der Waals surface area contributed by atoms with Gasteiger partial charge in [0.2, 0.25) is 0 Å². The molecule has 0 amide bonds. The standard InChI is InChI=1S/C12H20N2O/c1-8(13-11-6-4-5-7-11)12-9(2)14-15-10(12)3/h8,11,13H,4-7H2,1-3H3. The van der Waals surface area contributed by atoms with Gasteiger partial charge >= 0.3 is 0 Å². The highest BCUT2D eigenvalue weighted by Gasteiger charge is 2.21. The van der Waals surface area contributed by atoms with E-state index in [1.54, 1.807) is 0 Å². The third-order valence-corrected chi connectivity index (χ3v) is 3.36.